The average Bonchev–Trinajstić information content (AvgIpc) is 3.06. The highest BCUT2D eigenvalue weighted by Crippen LogP contribution is 2.39. The van der Waals surface area contributed by atoms with Crippen LogP contribution in [0.25, 0.3) is 6.08 Å². The minimum atomic E-state index is -0.344. The Morgan fingerprint density at radius 3 is 2.73 bits per heavy atom. The molecule has 2 aromatic carbocycles. The summed E-state index contributed by atoms with van der Waals surface area (Å²) in [5, 5.41) is 9.26. The van der Waals surface area contributed by atoms with Gasteiger partial charge in [0.1, 0.15) is 6.61 Å². The molecular formula is C24H23ClN2O5S. The lowest BCUT2D eigenvalue weighted by Crippen LogP contribution is -2.29. The Kier molecular flexibility index (Phi) is 8.78. The minimum Gasteiger partial charge on any atom is -0.490 e. The third-order valence-electron chi connectivity index (χ3n) is 4.74. The predicted octanol–water partition coefficient (Wildman–Crippen LogP) is 5.26. The first kappa shape index (κ1) is 24.6. The molecule has 0 radical (unpaired) electrons. The highest BCUT2D eigenvalue weighted by atomic mass is 35.5. The second kappa shape index (κ2) is 11.8. The Labute approximate surface area is 201 Å². The molecule has 0 aromatic heterocycles. The Hall–Kier alpha value is -2.99. The van der Waals surface area contributed by atoms with Crippen LogP contribution in [0.2, 0.25) is 5.02 Å². The number of imide groups is 1. The molecule has 1 saturated heterocycles. The molecular weight excluding hydrogens is 464 g/mol. The molecule has 2 aromatic rings. The molecule has 0 bridgehead atoms. The van der Waals surface area contributed by atoms with E-state index in [9.17, 15) is 14.9 Å². The van der Waals surface area contributed by atoms with Gasteiger partial charge in [-0.3, -0.25) is 14.5 Å². The maximum Gasteiger partial charge on any atom is 0.293 e. The van der Waals surface area contributed by atoms with Crippen LogP contribution in [0.4, 0.5) is 4.79 Å². The fraction of sp³-hybridized carbons (Fsp3) is 0.292. The summed E-state index contributed by atoms with van der Waals surface area (Å²) < 4.78 is 16.6. The topological polar surface area (TPSA) is 88.9 Å². The minimum absolute atomic E-state index is 0.142. The van der Waals surface area contributed by atoms with Crippen molar-refractivity contribution in [3.05, 3.63) is 63.0 Å². The van der Waals surface area contributed by atoms with Crippen LogP contribution < -0.4 is 9.47 Å². The van der Waals surface area contributed by atoms with Gasteiger partial charge in [-0.15, -0.1) is 0 Å². The monoisotopic (exact) mass is 486 g/mol. The first-order valence-corrected chi connectivity index (χ1v) is 11.5. The highest BCUT2D eigenvalue weighted by molar-refractivity contribution is 8.18. The van der Waals surface area contributed by atoms with Gasteiger partial charge in [-0.1, -0.05) is 29.8 Å². The molecule has 2 amide bonds. The molecule has 0 aliphatic carbocycles. The van der Waals surface area contributed by atoms with E-state index in [0.717, 1.165) is 17.3 Å². The number of nitrogens with zero attached hydrogens (tertiary/aromatic N) is 2. The third-order valence-corrected chi connectivity index (χ3v) is 5.93. The Bertz CT molecular complexity index is 1110. The zero-order valence-electron chi connectivity index (χ0n) is 18.3. The van der Waals surface area contributed by atoms with Gasteiger partial charge in [0, 0.05) is 25.8 Å². The molecule has 3 rings (SSSR count). The smallest absolute Gasteiger partial charge is 0.293 e. The van der Waals surface area contributed by atoms with Gasteiger partial charge in [0.15, 0.2) is 11.5 Å². The predicted molar refractivity (Wildman–Crippen MR) is 127 cm³/mol. The van der Waals surface area contributed by atoms with E-state index in [1.165, 1.54) is 4.90 Å². The summed E-state index contributed by atoms with van der Waals surface area (Å²) in [6.45, 7) is 3.12. The number of ether oxygens (including phenoxy) is 3. The number of rotatable bonds is 10. The van der Waals surface area contributed by atoms with Crippen LogP contribution in [0.5, 0.6) is 11.5 Å². The Morgan fingerprint density at radius 1 is 1.21 bits per heavy atom. The van der Waals surface area contributed by atoms with Crippen LogP contribution in [0.15, 0.2) is 41.3 Å². The van der Waals surface area contributed by atoms with E-state index < -0.39 is 0 Å². The summed E-state index contributed by atoms with van der Waals surface area (Å²) >= 11 is 7.38. The van der Waals surface area contributed by atoms with Gasteiger partial charge in [0.2, 0.25) is 0 Å². The van der Waals surface area contributed by atoms with E-state index in [4.69, 9.17) is 25.8 Å². The molecule has 1 aliphatic rings. The quantitative estimate of drug-likeness (QED) is 0.334. The van der Waals surface area contributed by atoms with E-state index in [1.807, 2.05) is 19.1 Å². The van der Waals surface area contributed by atoms with Crippen LogP contribution in [0.1, 0.15) is 30.0 Å². The molecule has 0 N–H and O–H groups in total. The summed E-state index contributed by atoms with van der Waals surface area (Å²) in [6.07, 6.45) is 2.19. The van der Waals surface area contributed by atoms with Crippen molar-refractivity contribution in [2.24, 2.45) is 0 Å². The Morgan fingerprint density at radius 2 is 2.00 bits per heavy atom. The molecule has 7 nitrogen and oxygen atoms in total. The van der Waals surface area contributed by atoms with E-state index in [-0.39, 0.29) is 17.8 Å². The van der Waals surface area contributed by atoms with Gasteiger partial charge in [0.05, 0.1) is 28.2 Å². The molecule has 0 unspecified atom stereocenters. The summed E-state index contributed by atoms with van der Waals surface area (Å²) in [6, 6.07) is 12.6. The number of amides is 2. The normalized spacial score (nSPS) is 14.6. The van der Waals surface area contributed by atoms with Gasteiger partial charge in [-0.05, 0) is 54.9 Å². The molecule has 0 spiro atoms. The zero-order chi connectivity index (χ0) is 23.8. The largest absolute Gasteiger partial charge is 0.490 e. The van der Waals surface area contributed by atoms with E-state index in [2.05, 4.69) is 6.07 Å². The lowest BCUT2D eigenvalue weighted by atomic mass is 10.1. The summed E-state index contributed by atoms with van der Waals surface area (Å²) in [7, 11) is 1.57. The van der Waals surface area contributed by atoms with Crippen molar-refractivity contribution in [3.8, 4) is 17.6 Å². The highest BCUT2D eigenvalue weighted by Gasteiger charge is 2.34. The second-order valence-electron chi connectivity index (χ2n) is 7.00. The van der Waals surface area contributed by atoms with Gasteiger partial charge >= 0.3 is 0 Å². The standard InChI is InChI=1S/C24H23ClN2O5S/c1-3-31-20-12-16(13-21-23(28)27(24(29)33-21)9-6-10-30-2)11-19(25)22(20)32-15-18-8-5-4-7-17(18)14-26/h4-5,7-8,11-13H,3,6,9-10,15H2,1-2H3/b21-13+. The fourth-order valence-corrected chi connectivity index (χ4v) is 4.33. The van der Waals surface area contributed by atoms with Crippen LogP contribution in [-0.4, -0.2) is 42.9 Å². The molecule has 0 atom stereocenters. The van der Waals surface area contributed by atoms with E-state index in [0.29, 0.717) is 58.7 Å². The summed E-state index contributed by atoms with van der Waals surface area (Å²) in [5.74, 6) is 0.407. The van der Waals surface area contributed by atoms with Crippen LogP contribution in [0, 0.1) is 11.3 Å². The number of methoxy groups -OCH3 is 1. The van der Waals surface area contributed by atoms with E-state index in [1.54, 1.807) is 37.5 Å². The summed E-state index contributed by atoms with van der Waals surface area (Å²) in [4.78, 5) is 26.4. The fourth-order valence-electron chi connectivity index (χ4n) is 3.19. The van der Waals surface area contributed by atoms with Crippen molar-refractivity contribution >= 4 is 40.6 Å². The van der Waals surface area contributed by atoms with Gasteiger partial charge < -0.3 is 14.2 Å². The number of hydrogen-bond acceptors (Lipinski definition) is 7. The lowest BCUT2D eigenvalue weighted by Gasteiger charge is -2.15. The Balaban J connectivity index is 1.83. The number of benzene rings is 2. The first-order valence-electron chi connectivity index (χ1n) is 10.3. The number of carbonyl (C=O) groups excluding carboxylic acids is 2. The van der Waals surface area contributed by atoms with Crippen molar-refractivity contribution in [3.63, 3.8) is 0 Å². The number of halogens is 1. The molecule has 1 aliphatic heterocycles. The van der Waals surface area contributed by atoms with Crippen molar-refractivity contribution in [2.45, 2.75) is 20.0 Å². The summed E-state index contributed by atoms with van der Waals surface area (Å²) in [5.41, 5.74) is 1.85. The maximum absolute atomic E-state index is 12.7. The molecule has 0 saturated carbocycles. The van der Waals surface area contributed by atoms with Crippen LogP contribution in [0.3, 0.4) is 0 Å². The van der Waals surface area contributed by atoms with Crippen LogP contribution >= 0.6 is 23.4 Å². The molecule has 9 heteroatoms. The number of thioether (sulfide) groups is 1. The van der Waals surface area contributed by atoms with Crippen LogP contribution in [-0.2, 0) is 16.1 Å². The molecule has 1 fully saturated rings. The van der Waals surface area contributed by atoms with Crippen molar-refractivity contribution < 1.29 is 23.8 Å². The average molecular weight is 487 g/mol. The zero-order valence-corrected chi connectivity index (χ0v) is 19.9. The third kappa shape index (κ3) is 6.08. The molecule has 33 heavy (non-hydrogen) atoms. The van der Waals surface area contributed by atoms with Gasteiger partial charge in [0.25, 0.3) is 11.1 Å². The maximum atomic E-state index is 12.7. The number of hydrogen-bond donors (Lipinski definition) is 0. The van der Waals surface area contributed by atoms with Crippen molar-refractivity contribution in [1.82, 2.24) is 4.90 Å². The molecule has 1 heterocycles. The van der Waals surface area contributed by atoms with Gasteiger partial charge in [-0.2, -0.15) is 5.26 Å². The number of nitriles is 1. The SMILES string of the molecule is CCOc1cc(/C=C2/SC(=O)N(CCCOC)C2=O)cc(Cl)c1OCc1ccccc1C#N. The second-order valence-corrected chi connectivity index (χ2v) is 8.40. The van der Waals surface area contributed by atoms with Gasteiger partial charge in [-0.25, -0.2) is 0 Å². The number of carbonyl (C=O) groups is 2. The lowest BCUT2D eigenvalue weighted by molar-refractivity contribution is -0.122. The van der Waals surface area contributed by atoms with E-state index >= 15 is 0 Å². The molecule has 172 valence electrons. The van der Waals surface area contributed by atoms with Crippen molar-refractivity contribution in [2.75, 3.05) is 26.9 Å². The van der Waals surface area contributed by atoms with Crippen molar-refractivity contribution in [1.29, 1.82) is 5.26 Å². The first-order chi connectivity index (χ1) is 16.0.